The van der Waals surface area contributed by atoms with E-state index < -0.39 is 4.92 Å². The molecule has 0 aliphatic heterocycles. The first-order valence-corrected chi connectivity index (χ1v) is 4.57. The fourth-order valence-electron chi connectivity index (χ4n) is 0.915. The number of hydrogen-bond acceptors (Lipinski definition) is 2. The highest BCUT2D eigenvalue weighted by Gasteiger charge is 2.01. The summed E-state index contributed by atoms with van der Waals surface area (Å²) in [6.45, 7) is 5.73. The molecule has 0 aliphatic carbocycles. The quantitative estimate of drug-likeness (QED) is 0.419. The van der Waals surface area contributed by atoms with Gasteiger partial charge in [-0.3, -0.25) is 10.1 Å². The standard InChI is InChI=1S/C12H11NO2/c1-3-10(2)4-5-11-6-8-12(9-7-11)13(14)15/h6-9H,2-3H2,1H3. The summed E-state index contributed by atoms with van der Waals surface area (Å²) in [5.74, 6) is 5.77. The highest BCUT2D eigenvalue weighted by atomic mass is 16.6. The van der Waals surface area contributed by atoms with Crippen LogP contribution in [0.3, 0.4) is 0 Å². The predicted molar refractivity (Wildman–Crippen MR) is 59.4 cm³/mol. The van der Waals surface area contributed by atoms with Crippen LogP contribution in [-0.2, 0) is 0 Å². The zero-order chi connectivity index (χ0) is 11.3. The van der Waals surface area contributed by atoms with Gasteiger partial charge in [0.2, 0.25) is 0 Å². The van der Waals surface area contributed by atoms with Crippen LogP contribution >= 0.6 is 0 Å². The fraction of sp³-hybridized carbons (Fsp3) is 0.167. The highest BCUT2D eigenvalue weighted by molar-refractivity contribution is 5.43. The number of hydrogen-bond donors (Lipinski definition) is 0. The topological polar surface area (TPSA) is 43.1 Å². The average Bonchev–Trinajstić information content (AvgIpc) is 2.26. The second-order valence-electron chi connectivity index (χ2n) is 3.01. The van der Waals surface area contributed by atoms with Crippen molar-refractivity contribution in [2.45, 2.75) is 13.3 Å². The molecule has 0 fully saturated rings. The van der Waals surface area contributed by atoms with Crippen LogP contribution in [0, 0.1) is 22.0 Å². The van der Waals surface area contributed by atoms with E-state index in [9.17, 15) is 10.1 Å². The van der Waals surface area contributed by atoms with Gasteiger partial charge in [0.25, 0.3) is 5.69 Å². The summed E-state index contributed by atoms with van der Waals surface area (Å²) >= 11 is 0. The third-order valence-electron chi connectivity index (χ3n) is 1.89. The molecule has 0 saturated carbocycles. The van der Waals surface area contributed by atoms with Crippen LogP contribution in [0.1, 0.15) is 18.9 Å². The molecule has 0 aliphatic rings. The molecule has 15 heavy (non-hydrogen) atoms. The Morgan fingerprint density at radius 2 is 2.07 bits per heavy atom. The van der Waals surface area contributed by atoms with Crippen LogP contribution in [0.25, 0.3) is 0 Å². The Morgan fingerprint density at radius 1 is 1.47 bits per heavy atom. The van der Waals surface area contributed by atoms with Gasteiger partial charge in [0.1, 0.15) is 0 Å². The molecule has 0 spiro atoms. The lowest BCUT2D eigenvalue weighted by Gasteiger charge is -1.91. The molecule has 0 bridgehead atoms. The Kier molecular flexibility index (Phi) is 3.64. The van der Waals surface area contributed by atoms with Crippen LogP contribution in [-0.4, -0.2) is 4.92 Å². The van der Waals surface area contributed by atoms with E-state index in [1.807, 2.05) is 6.92 Å². The highest BCUT2D eigenvalue weighted by Crippen LogP contribution is 2.11. The third-order valence-corrected chi connectivity index (χ3v) is 1.89. The Bertz CT molecular complexity index is 435. The monoisotopic (exact) mass is 201 g/mol. The van der Waals surface area contributed by atoms with E-state index in [0.29, 0.717) is 0 Å². The van der Waals surface area contributed by atoms with Gasteiger partial charge in [-0.05, 0) is 24.1 Å². The smallest absolute Gasteiger partial charge is 0.258 e. The largest absolute Gasteiger partial charge is 0.269 e. The van der Waals surface area contributed by atoms with Crippen molar-refractivity contribution in [3.05, 3.63) is 52.1 Å². The Hall–Kier alpha value is -2.08. The van der Waals surface area contributed by atoms with E-state index in [1.165, 1.54) is 12.1 Å². The summed E-state index contributed by atoms with van der Waals surface area (Å²) in [7, 11) is 0. The molecule has 0 aromatic heterocycles. The van der Waals surface area contributed by atoms with Gasteiger partial charge in [0.15, 0.2) is 0 Å². The molecule has 0 saturated heterocycles. The second-order valence-corrected chi connectivity index (χ2v) is 3.01. The van der Waals surface area contributed by atoms with E-state index in [2.05, 4.69) is 18.4 Å². The van der Waals surface area contributed by atoms with Gasteiger partial charge in [-0.2, -0.15) is 0 Å². The average molecular weight is 201 g/mol. The van der Waals surface area contributed by atoms with Crippen molar-refractivity contribution in [3.63, 3.8) is 0 Å². The summed E-state index contributed by atoms with van der Waals surface area (Å²) < 4.78 is 0. The summed E-state index contributed by atoms with van der Waals surface area (Å²) in [5.41, 5.74) is 1.69. The molecule has 76 valence electrons. The van der Waals surface area contributed by atoms with Gasteiger partial charge >= 0.3 is 0 Å². The maximum atomic E-state index is 10.4. The van der Waals surface area contributed by atoms with Crippen molar-refractivity contribution in [3.8, 4) is 11.8 Å². The van der Waals surface area contributed by atoms with E-state index in [4.69, 9.17) is 0 Å². The summed E-state index contributed by atoms with van der Waals surface area (Å²) in [6.07, 6.45) is 0.819. The van der Waals surface area contributed by atoms with E-state index in [1.54, 1.807) is 12.1 Å². The molecule has 0 unspecified atom stereocenters. The molecule has 0 atom stereocenters. The molecule has 1 aromatic carbocycles. The first kappa shape index (κ1) is 11.0. The molecule has 0 heterocycles. The zero-order valence-corrected chi connectivity index (χ0v) is 8.49. The number of nitrogens with zero attached hydrogens (tertiary/aromatic N) is 1. The van der Waals surface area contributed by atoms with E-state index >= 15 is 0 Å². The Labute approximate surface area is 88.6 Å². The minimum absolute atomic E-state index is 0.0786. The van der Waals surface area contributed by atoms with Crippen molar-refractivity contribution in [2.75, 3.05) is 0 Å². The summed E-state index contributed by atoms with van der Waals surface area (Å²) in [5, 5.41) is 10.4. The molecule has 0 radical (unpaired) electrons. The first-order valence-electron chi connectivity index (χ1n) is 4.57. The van der Waals surface area contributed by atoms with Crippen LogP contribution in [0.5, 0.6) is 0 Å². The molecule has 1 aromatic rings. The molecular weight excluding hydrogens is 190 g/mol. The molecule has 3 nitrogen and oxygen atoms in total. The lowest BCUT2D eigenvalue weighted by Crippen LogP contribution is -1.86. The van der Waals surface area contributed by atoms with Crippen molar-refractivity contribution >= 4 is 5.69 Å². The fourth-order valence-corrected chi connectivity index (χ4v) is 0.915. The summed E-state index contributed by atoms with van der Waals surface area (Å²) in [6, 6.07) is 6.15. The normalized spacial score (nSPS) is 8.87. The summed E-state index contributed by atoms with van der Waals surface area (Å²) in [4.78, 5) is 9.95. The predicted octanol–water partition coefficient (Wildman–Crippen LogP) is 2.91. The first-order chi connectivity index (χ1) is 7.13. The van der Waals surface area contributed by atoms with Crippen LogP contribution in [0.2, 0.25) is 0 Å². The zero-order valence-electron chi connectivity index (χ0n) is 8.49. The number of nitro groups is 1. The molecule has 0 N–H and O–H groups in total. The van der Waals surface area contributed by atoms with Crippen molar-refractivity contribution in [2.24, 2.45) is 0 Å². The molecule has 1 rings (SSSR count). The lowest BCUT2D eigenvalue weighted by atomic mass is 10.2. The van der Waals surface area contributed by atoms with Crippen molar-refractivity contribution in [1.82, 2.24) is 0 Å². The van der Waals surface area contributed by atoms with Gasteiger partial charge in [0.05, 0.1) is 4.92 Å². The van der Waals surface area contributed by atoms with E-state index in [-0.39, 0.29) is 5.69 Å². The SMILES string of the molecule is C=C(C#Cc1ccc([N+](=O)[O-])cc1)CC. The van der Waals surface area contributed by atoms with Crippen LogP contribution in [0.4, 0.5) is 5.69 Å². The van der Waals surface area contributed by atoms with E-state index in [0.717, 1.165) is 17.6 Å². The minimum atomic E-state index is -0.428. The van der Waals surface area contributed by atoms with Gasteiger partial charge in [-0.1, -0.05) is 25.3 Å². The van der Waals surface area contributed by atoms with Crippen molar-refractivity contribution < 1.29 is 4.92 Å². The van der Waals surface area contributed by atoms with Gasteiger partial charge in [0, 0.05) is 17.7 Å². The van der Waals surface area contributed by atoms with Gasteiger partial charge < -0.3 is 0 Å². The Balaban J connectivity index is 2.84. The molecule has 0 amide bonds. The van der Waals surface area contributed by atoms with Gasteiger partial charge in [-0.15, -0.1) is 0 Å². The number of nitro benzene ring substituents is 1. The second kappa shape index (κ2) is 4.97. The van der Waals surface area contributed by atoms with Crippen LogP contribution in [0.15, 0.2) is 36.4 Å². The van der Waals surface area contributed by atoms with Gasteiger partial charge in [-0.25, -0.2) is 0 Å². The number of benzene rings is 1. The number of rotatable bonds is 2. The minimum Gasteiger partial charge on any atom is -0.258 e. The lowest BCUT2D eigenvalue weighted by molar-refractivity contribution is -0.384. The maximum Gasteiger partial charge on any atom is 0.269 e. The maximum absolute atomic E-state index is 10.4. The molecular formula is C12H11NO2. The third kappa shape index (κ3) is 3.28. The molecule has 3 heteroatoms. The number of non-ortho nitro benzene ring substituents is 1. The number of allylic oxidation sites excluding steroid dienone is 1. The van der Waals surface area contributed by atoms with Crippen LogP contribution < -0.4 is 0 Å². The van der Waals surface area contributed by atoms with Crippen molar-refractivity contribution in [1.29, 1.82) is 0 Å². The Morgan fingerprint density at radius 3 is 2.53 bits per heavy atom.